The molecule has 1 atom stereocenters. The minimum atomic E-state index is -3.80. The number of aromatic nitrogens is 1. The highest BCUT2D eigenvalue weighted by Gasteiger charge is 2.19. The van der Waals surface area contributed by atoms with Gasteiger partial charge in [0.25, 0.3) is 15.9 Å². The number of anilines is 2. The number of sulfonamides is 1. The first-order chi connectivity index (χ1) is 14.4. The van der Waals surface area contributed by atoms with Gasteiger partial charge in [0.1, 0.15) is 17.4 Å². The molecule has 0 saturated heterocycles. The molecule has 30 heavy (non-hydrogen) atoms. The highest BCUT2D eigenvalue weighted by molar-refractivity contribution is 7.92. The van der Waals surface area contributed by atoms with Crippen molar-refractivity contribution in [1.82, 2.24) is 4.98 Å². The van der Waals surface area contributed by atoms with Crippen LogP contribution in [0.3, 0.4) is 0 Å². The molecule has 0 spiro atoms. The van der Waals surface area contributed by atoms with Gasteiger partial charge in [0.05, 0.1) is 4.90 Å². The van der Waals surface area contributed by atoms with Crippen LogP contribution in [0.15, 0.2) is 77.8 Å². The number of hydrogen-bond donors (Lipinski definition) is 2. The molecular formula is C21H20FN3O4S. The van der Waals surface area contributed by atoms with Crippen LogP contribution >= 0.6 is 0 Å². The number of nitrogens with one attached hydrogen (secondary N) is 2. The number of halogens is 1. The lowest BCUT2D eigenvalue weighted by Gasteiger charge is -2.17. The Morgan fingerprint density at radius 3 is 2.37 bits per heavy atom. The minimum absolute atomic E-state index is 0.0285. The number of nitrogens with zero attached hydrogens (tertiary/aromatic N) is 1. The van der Waals surface area contributed by atoms with E-state index in [2.05, 4.69) is 15.0 Å². The molecule has 0 aliphatic carbocycles. The van der Waals surface area contributed by atoms with E-state index in [4.69, 9.17) is 4.74 Å². The lowest BCUT2D eigenvalue weighted by atomic mass is 10.2. The molecule has 1 heterocycles. The quantitative estimate of drug-likeness (QED) is 0.567. The van der Waals surface area contributed by atoms with Crippen LogP contribution < -0.4 is 14.8 Å². The van der Waals surface area contributed by atoms with Crippen molar-refractivity contribution in [1.29, 1.82) is 0 Å². The molecule has 0 aliphatic heterocycles. The summed E-state index contributed by atoms with van der Waals surface area (Å²) in [7, 11) is -3.80. The molecule has 2 N–H and O–H groups in total. The molecule has 0 aliphatic rings. The number of rotatable bonds is 8. The molecule has 0 unspecified atom stereocenters. The molecule has 9 heteroatoms. The van der Waals surface area contributed by atoms with Gasteiger partial charge in [0.15, 0.2) is 6.10 Å². The van der Waals surface area contributed by atoms with E-state index in [0.717, 1.165) is 0 Å². The van der Waals surface area contributed by atoms with Crippen molar-refractivity contribution in [3.63, 3.8) is 0 Å². The lowest BCUT2D eigenvalue weighted by molar-refractivity contribution is -0.122. The molecule has 3 rings (SSSR count). The average molecular weight is 429 g/mol. The Balaban J connectivity index is 1.65. The van der Waals surface area contributed by atoms with Crippen molar-refractivity contribution in [3.8, 4) is 5.75 Å². The van der Waals surface area contributed by atoms with Crippen LogP contribution in [0.1, 0.15) is 13.3 Å². The third kappa shape index (κ3) is 5.54. The molecule has 3 aromatic rings. The largest absolute Gasteiger partial charge is 0.481 e. The molecular weight excluding hydrogens is 409 g/mol. The molecule has 0 fully saturated rings. The first kappa shape index (κ1) is 21.3. The van der Waals surface area contributed by atoms with Crippen LogP contribution in [0, 0.1) is 5.82 Å². The Morgan fingerprint density at radius 2 is 1.77 bits per heavy atom. The number of ether oxygens (including phenoxy) is 1. The summed E-state index contributed by atoms with van der Waals surface area (Å²) >= 11 is 0. The fraction of sp³-hybridized carbons (Fsp3) is 0.143. The Kier molecular flexibility index (Phi) is 6.63. The van der Waals surface area contributed by atoms with Crippen LogP contribution in [0.4, 0.5) is 15.9 Å². The molecule has 1 aromatic heterocycles. The summed E-state index contributed by atoms with van der Waals surface area (Å²) in [6.45, 7) is 1.78. The van der Waals surface area contributed by atoms with E-state index < -0.39 is 27.9 Å². The van der Waals surface area contributed by atoms with Crippen molar-refractivity contribution in [2.75, 3.05) is 10.0 Å². The lowest BCUT2D eigenvalue weighted by Crippen LogP contribution is -2.32. The molecule has 1 amide bonds. The summed E-state index contributed by atoms with van der Waals surface area (Å²) in [5.41, 5.74) is 0.415. The van der Waals surface area contributed by atoms with Crippen molar-refractivity contribution in [2.24, 2.45) is 0 Å². The van der Waals surface area contributed by atoms with Gasteiger partial charge >= 0.3 is 0 Å². The second-order valence-corrected chi connectivity index (χ2v) is 7.99. The molecule has 7 nitrogen and oxygen atoms in total. The van der Waals surface area contributed by atoms with Gasteiger partial charge in [-0.05, 0) is 67.1 Å². The summed E-state index contributed by atoms with van der Waals surface area (Å²) in [6.07, 6.45) is 1.09. The second kappa shape index (κ2) is 9.36. The Bertz CT molecular complexity index is 1090. The highest BCUT2D eigenvalue weighted by Crippen LogP contribution is 2.19. The van der Waals surface area contributed by atoms with Crippen LogP contribution in [-0.2, 0) is 14.8 Å². The Hall–Kier alpha value is -3.46. The van der Waals surface area contributed by atoms with E-state index in [0.29, 0.717) is 17.9 Å². The van der Waals surface area contributed by atoms with Gasteiger partial charge in [0.2, 0.25) is 0 Å². The predicted octanol–water partition coefficient (Wildman–Crippen LogP) is 3.82. The summed E-state index contributed by atoms with van der Waals surface area (Å²) in [5.74, 6) is -0.212. The van der Waals surface area contributed by atoms with Gasteiger partial charge in [-0.3, -0.25) is 9.52 Å². The number of carbonyl (C=O) groups excluding carboxylic acids is 1. The first-order valence-corrected chi connectivity index (χ1v) is 10.6. The van der Waals surface area contributed by atoms with Crippen LogP contribution in [-0.4, -0.2) is 25.4 Å². The maximum absolute atomic E-state index is 13.0. The zero-order valence-corrected chi connectivity index (χ0v) is 16.9. The van der Waals surface area contributed by atoms with Crippen LogP contribution in [0.2, 0.25) is 0 Å². The molecule has 156 valence electrons. The normalized spacial score (nSPS) is 12.1. The third-order valence-corrected chi connectivity index (χ3v) is 5.46. The molecule has 0 bridgehead atoms. The van der Waals surface area contributed by atoms with Gasteiger partial charge in [-0.1, -0.05) is 13.0 Å². The maximum atomic E-state index is 13.0. The van der Waals surface area contributed by atoms with Crippen molar-refractivity contribution in [3.05, 3.63) is 78.7 Å². The zero-order chi connectivity index (χ0) is 21.6. The summed E-state index contributed by atoms with van der Waals surface area (Å²) in [5, 5.41) is 2.69. The Labute approximate surface area is 174 Å². The zero-order valence-electron chi connectivity index (χ0n) is 16.1. The van der Waals surface area contributed by atoms with Crippen LogP contribution in [0.5, 0.6) is 5.75 Å². The van der Waals surface area contributed by atoms with Gasteiger partial charge in [0, 0.05) is 11.9 Å². The summed E-state index contributed by atoms with van der Waals surface area (Å²) < 4.78 is 45.9. The van der Waals surface area contributed by atoms with Gasteiger partial charge in [-0.15, -0.1) is 0 Å². The van der Waals surface area contributed by atoms with E-state index in [9.17, 15) is 17.6 Å². The number of carbonyl (C=O) groups is 1. The van der Waals surface area contributed by atoms with Crippen molar-refractivity contribution < 1.29 is 22.3 Å². The topological polar surface area (TPSA) is 97.4 Å². The van der Waals surface area contributed by atoms with E-state index in [1.54, 1.807) is 19.1 Å². The second-order valence-electron chi connectivity index (χ2n) is 6.30. The van der Waals surface area contributed by atoms with Gasteiger partial charge in [-0.25, -0.2) is 17.8 Å². The van der Waals surface area contributed by atoms with Crippen molar-refractivity contribution in [2.45, 2.75) is 24.3 Å². The smallest absolute Gasteiger partial charge is 0.265 e. The maximum Gasteiger partial charge on any atom is 0.265 e. The monoisotopic (exact) mass is 429 g/mol. The standard InChI is InChI=1S/C21H20FN3O4S/c1-2-19(29-17-10-6-15(22)7-11-17)21(26)24-16-8-12-18(13-9-16)30(27,28)25-20-5-3-4-14-23-20/h3-14,19H,2H2,1H3,(H,23,25)(H,24,26)/t19-/m1/s1. The fourth-order valence-electron chi connectivity index (χ4n) is 2.56. The first-order valence-electron chi connectivity index (χ1n) is 9.14. The minimum Gasteiger partial charge on any atom is -0.481 e. The number of hydrogen-bond acceptors (Lipinski definition) is 5. The van der Waals surface area contributed by atoms with Gasteiger partial charge in [-0.2, -0.15) is 0 Å². The van der Waals surface area contributed by atoms with E-state index in [-0.39, 0.29) is 10.7 Å². The highest BCUT2D eigenvalue weighted by atomic mass is 32.2. The van der Waals surface area contributed by atoms with E-state index >= 15 is 0 Å². The SMILES string of the molecule is CC[C@@H](Oc1ccc(F)cc1)C(=O)Nc1ccc(S(=O)(=O)Nc2ccccn2)cc1. The number of benzene rings is 2. The molecule has 0 radical (unpaired) electrons. The summed E-state index contributed by atoms with van der Waals surface area (Å²) in [6, 6.07) is 16.0. The average Bonchev–Trinajstić information content (AvgIpc) is 2.74. The van der Waals surface area contributed by atoms with Crippen molar-refractivity contribution >= 4 is 27.4 Å². The fourth-order valence-corrected chi connectivity index (χ4v) is 3.57. The number of pyridine rings is 1. The van der Waals surface area contributed by atoms with Gasteiger partial charge < -0.3 is 10.1 Å². The third-order valence-electron chi connectivity index (χ3n) is 4.09. The van der Waals surface area contributed by atoms with E-state index in [1.165, 1.54) is 60.8 Å². The van der Waals surface area contributed by atoms with Crippen LogP contribution in [0.25, 0.3) is 0 Å². The predicted molar refractivity (Wildman–Crippen MR) is 111 cm³/mol. The molecule has 0 saturated carbocycles. The molecule has 2 aromatic carbocycles. The number of amides is 1. The Morgan fingerprint density at radius 1 is 1.07 bits per heavy atom. The summed E-state index contributed by atoms with van der Waals surface area (Å²) in [4.78, 5) is 16.4. The van der Waals surface area contributed by atoms with E-state index in [1.807, 2.05) is 0 Å².